The standard InChI is InChI=1S/C14H8BrN3O4/c15-10-2-1-3-11(7-10)17-14(19)9(8-16)6-12-4-5-13(22-12)18(20)21/h1-7H,(H,17,19)/b9-6+. The molecular formula is C14H8BrN3O4. The number of rotatable bonds is 4. The number of hydrogen-bond acceptors (Lipinski definition) is 5. The van der Waals surface area contributed by atoms with E-state index < -0.39 is 16.7 Å². The van der Waals surface area contributed by atoms with Crippen LogP contribution in [0.4, 0.5) is 11.6 Å². The van der Waals surface area contributed by atoms with E-state index in [4.69, 9.17) is 9.68 Å². The second-order valence-electron chi connectivity index (χ2n) is 4.07. The first-order valence-electron chi connectivity index (χ1n) is 5.92. The third-order valence-electron chi connectivity index (χ3n) is 2.53. The minimum atomic E-state index is -0.703. The molecule has 1 heterocycles. The average Bonchev–Trinajstić information content (AvgIpc) is 2.93. The Bertz CT molecular complexity index is 804. The molecule has 0 saturated carbocycles. The van der Waals surface area contributed by atoms with Gasteiger partial charge in [0, 0.05) is 16.2 Å². The number of carbonyl (C=O) groups is 1. The molecule has 0 unspecified atom stereocenters. The lowest BCUT2D eigenvalue weighted by Crippen LogP contribution is -2.13. The molecule has 0 fully saturated rings. The quantitative estimate of drug-likeness (QED) is 0.387. The van der Waals surface area contributed by atoms with Gasteiger partial charge in [-0.1, -0.05) is 22.0 Å². The van der Waals surface area contributed by atoms with Gasteiger partial charge in [-0.2, -0.15) is 5.26 Å². The highest BCUT2D eigenvalue weighted by Gasteiger charge is 2.14. The van der Waals surface area contributed by atoms with Gasteiger partial charge in [-0.25, -0.2) is 0 Å². The van der Waals surface area contributed by atoms with Crippen molar-refractivity contribution in [2.24, 2.45) is 0 Å². The van der Waals surface area contributed by atoms with Gasteiger partial charge in [-0.15, -0.1) is 0 Å². The predicted octanol–water partition coefficient (Wildman–Crippen LogP) is 3.50. The van der Waals surface area contributed by atoms with Crippen LogP contribution in [0.5, 0.6) is 0 Å². The molecule has 22 heavy (non-hydrogen) atoms. The summed E-state index contributed by atoms with van der Waals surface area (Å²) in [5.41, 5.74) is 0.273. The highest BCUT2D eigenvalue weighted by Crippen LogP contribution is 2.19. The topological polar surface area (TPSA) is 109 Å². The van der Waals surface area contributed by atoms with Crippen LogP contribution in [-0.4, -0.2) is 10.8 Å². The first-order chi connectivity index (χ1) is 10.5. The largest absolute Gasteiger partial charge is 0.433 e. The van der Waals surface area contributed by atoms with Gasteiger partial charge < -0.3 is 9.73 Å². The number of hydrogen-bond donors (Lipinski definition) is 1. The molecule has 1 amide bonds. The number of amides is 1. The molecule has 0 radical (unpaired) electrons. The fourth-order valence-corrected chi connectivity index (χ4v) is 1.97. The number of nitrogens with one attached hydrogen (secondary N) is 1. The number of benzene rings is 1. The van der Waals surface area contributed by atoms with E-state index in [-0.39, 0.29) is 11.3 Å². The number of carbonyl (C=O) groups excluding carboxylic acids is 1. The molecule has 0 aliphatic heterocycles. The lowest BCUT2D eigenvalue weighted by Gasteiger charge is -2.04. The fourth-order valence-electron chi connectivity index (χ4n) is 1.57. The van der Waals surface area contributed by atoms with E-state index >= 15 is 0 Å². The van der Waals surface area contributed by atoms with Gasteiger partial charge in [0.05, 0.1) is 6.07 Å². The zero-order valence-electron chi connectivity index (χ0n) is 10.9. The molecule has 1 aromatic carbocycles. The molecule has 110 valence electrons. The van der Waals surface area contributed by atoms with Gasteiger partial charge in [-0.3, -0.25) is 14.9 Å². The summed E-state index contributed by atoms with van der Waals surface area (Å²) in [6.07, 6.45) is 1.14. The number of nitrogens with zero attached hydrogens (tertiary/aromatic N) is 2. The third kappa shape index (κ3) is 3.80. The number of halogens is 1. The van der Waals surface area contributed by atoms with E-state index in [1.165, 1.54) is 6.07 Å². The highest BCUT2D eigenvalue weighted by molar-refractivity contribution is 9.10. The van der Waals surface area contributed by atoms with Crippen molar-refractivity contribution in [1.29, 1.82) is 5.26 Å². The number of anilines is 1. The van der Waals surface area contributed by atoms with Crippen molar-refractivity contribution in [2.75, 3.05) is 5.32 Å². The summed E-state index contributed by atoms with van der Waals surface area (Å²) in [7, 11) is 0. The summed E-state index contributed by atoms with van der Waals surface area (Å²) in [6.45, 7) is 0. The molecule has 1 N–H and O–H groups in total. The molecule has 0 atom stereocenters. The second-order valence-corrected chi connectivity index (χ2v) is 4.98. The van der Waals surface area contributed by atoms with Gasteiger partial charge >= 0.3 is 5.88 Å². The first kappa shape index (κ1) is 15.5. The smallest absolute Gasteiger partial charge is 0.401 e. The minimum absolute atomic E-state index is 0.0487. The van der Waals surface area contributed by atoms with Gasteiger partial charge in [0.2, 0.25) is 0 Å². The molecule has 0 spiro atoms. The van der Waals surface area contributed by atoms with E-state index in [2.05, 4.69) is 21.2 Å². The van der Waals surface area contributed by atoms with Crippen LogP contribution in [0, 0.1) is 21.4 Å². The Morgan fingerprint density at radius 2 is 2.18 bits per heavy atom. The molecule has 7 nitrogen and oxygen atoms in total. The van der Waals surface area contributed by atoms with Crippen molar-refractivity contribution in [3.05, 3.63) is 62.3 Å². The summed E-state index contributed by atoms with van der Waals surface area (Å²) in [5, 5.41) is 22.1. The highest BCUT2D eigenvalue weighted by atomic mass is 79.9. The van der Waals surface area contributed by atoms with E-state index in [1.54, 1.807) is 30.3 Å². The molecule has 1 aromatic heterocycles. The number of furan rings is 1. The summed E-state index contributed by atoms with van der Waals surface area (Å²) in [4.78, 5) is 21.8. The van der Waals surface area contributed by atoms with Gasteiger partial charge in [0.1, 0.15) is 22.3 Å². The molecule has 2 rings (SSSR count). The van der Waals surface area contributed by atoms with Crippen LogP contribution in [-0.2, 0) is 4.79 Å². The second kappa shape index (κ2) is 6.69. The minimum Gasteiger partial charge on any atom is -0.401 e. The van der Waals surface area contributed by atoms with Crippen molar-refractivity contribution in [1.82, 2.24) is 0 Å². The SMILES string of the molecule is N#C/C(=C\c1ccc([N+](=O)[O-])o1)C(=O)Nc1cccc(Br)c1. The summed E-state index contributed by atoms with van der Waals surface area (Å²) in [5.74, 6) is -1.05. The lowest BCUT2D eigenvalue weighted by atomic mass is 10.2. The Labute approximate surface area is 133 Å². The van der Waals surface area contributed by atoms with Crippen LogP contribution < -0.4 is 5.32 Å². The van der Waals surface area contributed by atoms with Gasteiger partial charge in [0.25, 0.3) is 5.91 Å². The van der Waals surface area contributed by atoms with Crippen LogP contribution in [0.2, 0.25) is 0 Å². The van der Waals surface area contributed by atoms with Crippen molar-refractivity contribution >= 4 is 39.5 Å². The summed E-state index contributed by atoms with van der Waals surface area (Å²) < 4.78 is 5.66. The van der Waals surface area contributed by atoms with Crippen molar-refractivity contribution in [3.8, 4) is 6.07 Å². The van der Waals surface area contributed by atoms with Crippen molar-refractivity contribution in [3.63, 3.8) is 0 Å². The van der Waals surface area contributed by atoms with Crippen LogP contribution in [0.3, 0.4) is 0 Å². The maximum absolute atomic E-state index is 12.0. The van der Waals surface area contributed by atoms with Gasteiger partial charge in [-0.05, 0) is 24.3 Å². The average molecular weight is 362 g/mol. The molecular weight excluding hydrogens is 354 g/mol. The van der Waals surface area contributed by atoms with E-state index in [0.717, 1.165) is 16.6 Å². The number of nitriles is 1. The summed E-state index contributed by atoms with van der Waals surface area (Å²) >= 11 is 3.27. The monoisotopic (exact) mass is 361 g/mol. The first-order valence-corrected chi connectivity index (χ1v) is 6.72. The van der Waals surface area contributed by atoms with Crippen LogP contribution in [0.15, 0.2) is 50.9 Å². The molecule has 0 aliphatic rings. The molecule has 0 aliphatic carbocycles. The predicted molar refractivity (Wildman–Crippen MR) is 81.7 cm³/mol. The summed E-state index contributed by atoms with van der Waals surface area (Å²) in [6, 6.07) is 11.0. The van der Waals surface area contributed by atoms with Crippen molar-refractivity contribution < 1.29 is 14.1 Å². The van der Waals surface area contributed by atoms with E-state index in [0.29, 0.717) is 5.69 Å². The normalized spacial score (nSPS) is 10.8. The zero-order chi connectivity index (χ0) is 16.1. The molecule has 2 aromatic rings. The van der Waals surface area contributed by atoms with E-state index in [9.17, 15) is 14.9 Å². The fraction of sp³-hybridized carbons (Fsp3) is 0. The van der Waals surface area contributed by atoms with Crippen LogP contribution in [0.1, 0.15) is 5.76 Å². The Hall–Kier alpha value is -2.92. The Morgan fingerprint density at radius 3 is 2.77 bits per heavy atom. The third-order valence-corrected chi connectivity index (χ3v) is 3.02. The molecule has 8 heteroatoms. The molecule has 0 saturated heterocycles. The maximum Gasteiger partial charge on any atom is 0.433 e. The van der Waals surface area contributed by atoms with Crippen molar-refractivity contribution in [2.45, 2.75) is 0 Å². The maximum atomic E-state index is 12.0. The zero-order valence-corrected chi connectivity index (χ0v) is 12.5. The lowest BCUT2D eigenvalue weighted by molar-refractivity contribution is -0.402. The van der Waals surface area contributed by atoms with Crippen LogP contribution in [0.25, 0.3) is 6.08 Å². The molecule has 0 bridgehead atoms. The van der Waals surface area contributed by atoms with E-state index in [1.807, 2.05) is 0 Å². The van der Waals surface area contributed by atoms with Gasteiger partial charge in [0.15, 0.2) is 0 Å². The number of nitro groups is 1. The Morgan fingerprint density at radius 1 is 1.41 bits per heavy atom. The Balaban J connectivity index is 2.19. The Kier molecular flexibility index (Phi) is 4.70. The van der Waals surface area contributed by atoms with Crippen LogP contribution >= 0.6 is 15.9 Å².